The van der Waals surface area contributed by atoms with Crippen LogP contribution in [-0.2, 0) is 18.3 Å². The number of hydrogen-bond acceptors (Lipinski definition) is 7. The first-order valence-electron chi connectivity index (χ1n) is 6.48. The molecule has 0 bridgehead atoms. The molecular formula is C11H14F3N2O7P. The fourth-order valence-corrected chi connectivity index (χ4v) is 3.37. The Labute approximate surface area is 132 Å². The molecule has 1 saturated heterocycles. The molecule has 3 atom stereocenters. The van der Waals surface area contributed by atoms with E-state index in [-0.39, 0.29) is 10.8 Å². The van der Waals surface area contributed by atoms with Crippen molar-refractivity contribution < 1.29 is 36.6 Å². The van der Waals surface area contributed by atoms with Crippen LogP contribution in [0.2, 0.25) is 0 Å². The highest BCUT2D eigenvalue weighted by atomic mass is 31.2. The van der Waals surface area contributed by atoms with Gasteiger partial charge in [-0.15, -0.1) is 0 Å². The summed E-state index contributed by atoms with van der Waals surface area (Å²) in [6, 6.07) is 0. The quantitative estimate of drug-likeness (QED) is 0.699. The number of halogens is 3. The van der Waals surface area contributed by atoms with Crippen LogP contribution in [0.15, 0.2) is 15.8 Å². The van der Waals surface area contributed by atoms with Gasteiger partial charge in [0.2, 0.25) is 12.0 Å². The summed E-state index contributed by atoms with van der Waals surface area (Å²) in [5, 5.41) is 9.73. The number of rotatable bonds is 5. The number of aliphatic hydroxyl groups is 1. The van der Waals surface area contributed by atoms with Crippen LogP contribution in [0.1, 0.15) is 6.23 Å². The molecule has 0 aliphatic carbocycles. The van der Waals surface area contributed by atoms with E-state index in [1.54, 1.807) is 0 Å². The second-order valence-corrected chi connectivity index (χ2v) is 7.27. The van der Waals surface area contributed by atoms with Crippen LogP contribution in [0.5, 0.6) is 0 Å². The molecule has 1 aliphatic rings. The number of alkyl halides is 2. The fourth-order valence-electron chi connectivity index (χ4n) is 2.20. The van der Waals surface area contributed by atoms with Crippen LogP contribution in [0.25, 0.3) is 0 Å². The van der Waals surface area contributed by atoms with Crippen molar-refractivity contribution in [2.45, 2.75) is 24.4 Å². The molecule has 136 valence electrons. The molecule has 2 heterocycles. The average molecular weight is 374 g/mol. The predicted molar refractivity (Wildman–Crippen MR) is 72.6 cm³/mol. The van der Waals surface area contributed by atoms with Gasteiger partial charge in [-0.2, -0.15) is 13.2 Å². The minimum absolute atomic E-state index is 0.102. The monoisotopic (exact) mass is 374 g/mol. The van der Waals surface area contributed by atoms with Gasteiger partial charge in [0, 0.05) is 14.2 Å². The summed E-state index contributed by atoms with van der Waals surface area (Å²) in [5.41, 5.74) is -2.75. The maximum atomic E-state index is 14.2. The Hall–Kier alpha value is -1.46. The number of ether oxygens (including phenoxy) is 1. The molecule has 24 heavy (non-hydrogen) atoms. The third kappa shape index (κ3) is 3.20. The van der Waals surface area contributed by atoms with Gasteiger partial charge >= 0.3 is 19.2 Å². The van der Waals surface area contributed by atoms with Crippen LogP contribution < -0.4 is 11.2 Å². The topological polar surface area (TPSA) is 120 Å². The maximum absolute atomic E-state index is 14.2. The Kier molecular flexibility index (Phi) is 5.07. The molecule has 0 saturated carbocycles. The van der Waals surface area contributed by atoms with Crippen LogP contribution >= 0.6 is 7.60 Å². The first-order chi connectivity index (χ1) is 11.1. The zero-order chi connectivity index (χ0) is 18.3. The SMILES string of the molecule is COP(=O)(C[C@H]1O[C@@H](n2cc(F)c(=O)[nH]c2=O)C(F)(F)[C@@H]1O)OC. The van der Waals surface area contributed by atoms with Crippen molar-refractivity contribution in [3.63, 3.8) is 0 Å². The second-order valence-electron chi connectivity index (χ2n) is 4.95. The molecule has 1 fully saturated rings. The Balaban J connectivity index is 2.40. The van der Waals surface area contributed by atoms with Crippen molar-refractivity contribution in [3.05, 3.63) is 32.9 Å². The van der Waals surface area contributed by atoms with Gasteiger partial charge in [-0.3, -0.25) is 18.9 Å². The van der Waals surface area contributed by atoms with Gasteiger partial charge in [0.25, 0.3) is 5.56 Å². The summed E-state index contributed by atoms with van der Waals surface area (Å²) in [7, 11) is -1.78. The molecule has 0 aromatic carbocycles. The van der Waals surface area contributed by atoms with Gasteiger partial charge in [-0.25, -0.2) is 4.79 Å². The molecule has 1 aliphatic heterocycles. The van der Waals surface area contributed by atoms with Crippen molar-refractivity contribution in [2.24, 2.45) is 0 Å². The smallest absolute Gasteiger partial charge is 0.332 e. The first-order valence-corrected chi connectivity index (χ1v) is 8.21. The lowest BCUT2D eigenvalue weighted by molar-refractivity contribution is -0.141. The van der Waals surface area contributed by atoms with Gasteiger partial charge in [0.1, 0.15) is 12.2 Å². The van der Waals surface area contributed by atoms with Crippen LogP contribution in [0.4, 0.5) is 13.2 Å². The van der Waals surface area contributed by atoms with E-state index in [4.69, 9.17) is 4.74 Å². The van der Waals surface area contributed by atoms with Crippen molar-refractivity contribution >= 4 is 7.60 Å². The molecule has 2 rings (SSSR count). The van der Waals surface area contributed by atoms with E-state index in [1.807, 2.05) is 0 Å². The largest absolute Gasteiger partial charge is 0.384 e. The first kappa shape index (κ1) is 18.9. The lowest BCUT2D eigenvalue weighted by Gasteiger charge is -2.21. The average Bonchev–Trinajstić information content (AvgIpc) is 2.74. The second kappa shape index (κ2) is 6.45. The lowest BCUT2D eigenvalue weighted by atomic mass is 10.1. The number of hydrogen-bond donors (Lipinski definition) is 2. The summed E-state index contributed by atoms with van der Waals surface area (Å²) in [6.07, 6.45) is -7.10. The Morgan fingerprint density at radius 1 is 1.42 bits per heavy atom. The highest BCUT2D eigenvalue weighted by molar-refractivity contribution is 7.53. The standard InChI is InChI=1S/C11H14F3N2O7P/c1-21-24(20,22-2)4-6-7(17)11(13,14)9(23-6)16-3-5(12)8(18)15-10(16)19/h3,6-7,9,17H,4H2,1-2H3,(H,15,18,19)/t6-,7-,9-/m1/s1. The van der Waals surface area contributed by atoms with E-state index in [1.165, 1.54) is 4.98 Å². The van der Waals surface area contributed by atoms with Crippen LogP contribution in [-0.4, -0.2) is 53.2 Å². The molecular weight excluding hydrogens is 360 g/mol. The number of nitrogens with zero attached hydrogens (tertiary/aromatic N) is 1. The maximum Gasteiger partial charge on any atom is 0.332 e. The van der Waals surface area contributed by atoms with Crippen molar-refractivity contribution in [3.8, 4) is 0 Å². The van der Waals surface area contributed by atoms with Crippen molar-refractivity contribution in [1.82, 2.24) is 9.55 Å². The molecule has 0 amide bonds. The predicted octanol–water partition coefficient (Wildman–Crippen LogP) is 0.0552. The summed E-state index contributed by atoms with van der Waals surface area (Å²) < 4.78 is 67.9. The number of H-pyrrole nitrogens is 1. The van der Waals surface area contributed by atoms with E-state index in [0.717, 1.165) is 14.2 Å². The minimum Gasteiger partial charge on any atom is -0.384 e. The van der Waals surface area contributed by atoms with E-state index < -0.39 is 55.2 Å². The summed E-state index contributed by atoms with van der Waals surface area (Å²) in [5.74, 6) is -5.53. The zero-order valence-electron chi connectivity index (χ0n) is 12.4. The van der Waals surface area contributed by atoms with Gasteiger partial charge in [-0.05, 0) is 0 Å². The van der Waals surface area contributed by atoms with Crippen molar-refractivity contribution in [1.29, 1.82) is 0 Å². The molecule has 1 aromatic heterocycles. The lowest BCUT2D eigenvalue weighted by Crippen LogP contribution is -2.43. The molecule has 0 unspecified atom stereocenters. The van der Waals surface area contributed by atoms with E-state index in [2.05, 4.69) is 9.05 Å². The van der Waals surface area contributed by atoms with E-state index in [0.29, 0.717) is 0 Å². The van der Waals surface area contributed by atoms with E-state index in [9.17, 15) is 32.4 Å². The van der Waals surface area contributed by atoms with E-state index >= 15 is 0 Å². The Morgan fingerprint density at radius 3 is 2.54 bits per heavy atom. The number of nitrogens with one attached hydrogen (secondary N) is 1. The van der Waals surface area contributed by atoms with Gasteiger partial charge < -0.3 is 18.9 Å². The minimum atomic E-state index is -4.04. The van der Waals surface area contributed by atoms with Crippen molar-refractivity contribution in [2.75, 3.05) is 20.4 Å². The Morgan fingerprint density at radius 2 is 2.00 bits per heavy atom. The normalized spacial score (nSPS) is 26.7. The fraction of sp³-hybridized carbons (Fsp3) is 0.636. The van der Waals surface area contributed by atoms with Gasteiger partial charge in [-0.1, -0.05) is 0 Å². The summed E-state index contributed by atoms with van der Waals surface area (Å²) >= 11 is 0. The molecule has 2 N–H and O–H groups in total. The molecule has 9 nitrogen and oxygen atoms in total. The molecule has 13 heteroatoms. The third-order valence-corrected chi connectivity index (χ3v) is 5.44. The Bertz CT molecular complexity index is 772. The number of aromatic amines is 1. The number of aliphatic hydroxyl groups excluding tert-OH is 1. The molecule has 0 radical (unpaired) electrons. The van der Waals surface area contributed by atoms with Crippen LogP contribution in [0.3, 0.4) is 0 Å². The highest BCUT2D eigenvalue weighted by Gasteiger charge is 2.60. The van der Waals surface area contributed by atoms with Gasteiger partial charge in [0.15, 0.2) is 0 Å². The summed E-state index contributed by atoms with van der Waals surface area (Å²) in [4.78, 5) is 24.1. The third-order valence-electron chi connectivity index (χ3n) is 3.52. The van der Waals surface area contributed by atoms with Gasteiger partial charge in [0.05, 0.1) is 12.4 Å². The van der Waals surface area contributed by atoms with Crippen LogP contribution in [0, 0.1) is 5.82 Å². The zero-order valence-corrected chi connectivity index (χ0v) is 13.3. The number of aromatic nitrogens is 2. The highest BCUT2D eigenvalue weighted by Crippen LogP contribution is 2.52. The molecule has 0 spiro atoms. The summed E-state index contributed by atoms with van der Waals surface area (Å²) in [6.45, 7) is 0. The molecule has 1 aromatic rings.